The van der Waals surface area contributed by atoms with Gasteiger partial charge in [-0.3, -0.25) is 4.79 Å². The molecule has 34 heavy (non-hydrogen) atoms. The number of ether oxygens (including phenoxy) is 2. The van der Waals surface area contributed by atoms with Gasteiger partial charge in [-0.05, 0) is 84.4 Å². The zero-order valence-corrected chi connectivity index (χ0v) is 19.6. The van der Waals surface area contributed by atoms with Gasteiger partial charge in [0, 0.05) is 23.0 Å². The number of methoxy groups -OCH3 is 2. The van der Waals surface area contributed by atoms with Gasteiger partial charge in [0.25, 0.3) is 5.91 Å². The first-order valence-corrected chi connectivity index (χ1v) is 12.1. The van der Waals surface area contributed by atoms with E-state index in [-0.39, 0.29) is 5.91 Å². The molecule has 5 atom stereocenters. The number of amides is 1. The Balaban J connectivity index is 1.31. The first-order chi connectivity index (χ1) is 16.7. The van der Waals surface area contributed by atoms with Gasteiger partial charge in [0.2, 0.25) is 0 Å². The molecule has 0 aromatic heterocycles. The summed E-state index contributed by atoms with van der Waals surface area (Å²) in [6, 6.07) is 22.7. The van der Waals surface area contributed by atoms with E-state index in [0.29, 0.717) is 46.5 Å². The maximum Gasteiger partial charge on any atom is 0.255 e. The Morgan fingerprint density at radius 1 is 0.912 bits per heavy atom. The number of carbonyl (C=O) groups excluding carboxylic acids is 1. The van der Waals surface area contributed by atoms with E-state index in [4.69, 9.17) is 9.47 Å². The second-order valence-electron chi connectivity index (χ2n) is 9.79. The molecule has 0 spiro atoms. The molecule has 0 radical (unpaired) electrons. The van der Waals surface area contributed by atoms with Crippen molar-refractivity contribution in [3.63, 3.8) is 0 Å². The molecular formula is C29H30N2O3. The Bertz CT molecular complexity index is 1230. The quantitative estimate of drug-likeness (QED) is 0.478. The Labute approximate surface area is 200 Å². The molecule has 2 bridgehead atoms. The molecule has 3 aliphatic rings. The molecule has 174 valence electrons. The Morgan fingerprint density at radius 3 is 2.50 bits per heavy atom. The van der Waals surface area contributed by atoms with Gasteiger partial charge in [-0.2, -0.15) is 0 Å². The van der Waals surface area contributed by atoms with Gasteiger partial charge in [-0.1, -0.05) is 30.3 Å². The predicted octanol–water partition coefficient (Wildman–Crippen LogP) is 6.25. The Morgan fingerprint density at radius 2 is 1.71 bits per heavy atom. The van der Waals surface area contributed by atoms with Crippen molar-refractivity contribution in [1.82, 2.24) is 0 Å². The van der Waals surface area contributed by atoms with E-state index in [1.54, 1.807) is 26.4 Å². The summed E-state index contributed by atoms with van der Waals surface area (Å²) in [5, 5.41) is 6.88. The van der Waals surface area contributed by atoms with E-state index in [2.05, 4.69) is 53.1 Å². The first-order valence-electron chi connectivity index (χ1n) is 12.1. The Kier molecular flexibility index (Phi) is 5.20. The summed E-state index contributed by atoms with van der Waals surface area (Å²) in [5.41, 5.74) is 5.22. The summed E-state index contributed by atoms with van der Waals surface area (Å²) < 4.78 is 10.7. The maximum absolute atomic E-state index is 13.2. The van der Waals surface area contributed by atoms with Gasteiger partial charge in [-0.15, -0.1) is 0 Å². The molecule has 5 nitrogen and oxygen atoms in total. The van der Waals surface area contributed by atoms with E-state index in [1.807, 2.05) is 12.1 Å². The summed E-state index contributed by atoms with van der Waals surface area (Å²) in [5.74, 6) is 3.67. The van der Waals surface area contributed by atoms with Crippen LogP contribution in [0.25, 0.3) is 0 Å². The van der Waals surface area contributed by atoms with Gasteiger partial charge >= 0.3 is 0 Å². The zero-order chi connectivity index (χ0) is 23.2. The average molecular weight is 455 g/mol. The van der Waals surface area contributed by atoms with Crippen molar-refractivity contribution in [2.75, 3.05) is 24.9 Å². The number of carbonyl (C=O) groups is 1. The van der Waals surface area contributed by atoms with Crippen molar-refractivity contribution in [2.24, 2.45) is 17.8 Å². The lowest BCUT2D eigenvalue weighted by Gasteiger charge is -2.43. The van der Waals surface area contributed by atoms with Crippen molar-refractivity contribution in [2.45, 2.75) is 31.2 Å². The fourth-order valence-electron chi connectivity index (χ4n) is 6.73. The van der Waals surface area contributed by atoms with Crippen LogP contribution in [-0.2, 0) is 0 Å². The van der Waals surface area contributed by atoms with Gasteiger partial charge in [-0.25, -0.2) is 0 Å². The molecule has 3 aromatic carbocycles. The number of nitrogens with one attached hydrogen (secondary N) is 2. The fraction of sp³-hybridized carbons (Fsp3) is 0.345. The number of anilines is 2. The van der Waals surface area contributed by atoms with Crippen LogP contribution in [0.15, 0.2) is 66.7 Å². The normalized spacial score (nSPS) is 26.2. The second kappa shape index (κ2) is 8.39. The largest absolute Gasteiger partial charge is 0.493 e. The first kappa shape index (κ1) is 21.1. The molecule has 0 saturated heterocycles. The van der Waals surface area contributed by atoms with Crippen LogP contribution in [0.2, 0.25) is 0 Å². The smallest absolute Gasteiger partial charge is 0.255 e. The van der Waals surface area contributed by atoms with Crippen LogP contribution in [-0.4, -0.2) is 20.1 Å². The molecule has 1 aliphatic heterocycles. The van der Waals surface area contributed by atoms with Crippen LogP contribution in [0, 0.1) is 17.8 Å². The Hall–Kier alpha value is -3.47. The van der Waals surface area contributed by atoms with Crippen molar-refractivity contribution in [3.8, 4) is 11.5 Å². The van der Waals surface area contributed by atoms with E-state index >= 15 is 0 Å². The van der Waals surface area contributed by atoms with E-state index in [1.165, 1.54) is 36.1 Å². The van der Waals surface area contributed by atoms with E-state index < -0.39 is 0 Å². The third-order valence-corrected chi connectivity index (χ3v) is 8.15. The number of rotatable bonds is 5. The topological polar surface area (TPSA) is 59.6 Å². The lowest BCUT2D eigenvalue weighted by Crippen LogP contribution is -2.35. The molecule has 2 fully saturated rings. The van der Waals surface area contributed by atoms with Crippen molar-refractivity contribution >= 4 is 17.3 Å². The highest BCUT2D eigenvalue weighted by Gasteiger charge is 2.53. The van der Waals surface area contributed by atoms with Crippen LogP contribution < -0.4 is 20.1 Å². The van der Waals surface area contributed by atoms with Crippen molar-refractivity contribution in [1.29, 1.82) is 0 Å². The highest BCUT2D eigenvalue weighted by atomic mass is 16.5. The van der Waals surface area contributed by atoms with Crippen LogP contribution >= 0.6 is 0 Å². The number of hydrogen-bond donors (Lipinski definition) is 2. The lowest BCUT2D eigenvalue weighted by atomic mass is 9.68. The van der Waals surface area contributed by atoms with Gasteiger partial charge in [0.1, 0.15) is 0 Å². The van der Waals surface area contributed by atoms with Gasteiger partial charge in [0.05, 0.1) is 20.3 Å². The number of benzene rings is 3. The summed E-state index contributed by atoms with van der Waals surface area (Å²) >= 11 is 0. The summed E-state index contributed by atoms with van der Waals surface area (Å²) in [6.45, 7) is 0. The lowest BCUT2D eigenvalue weighted by molar-refractivity contribution is 0.102. The van der Waals surface area contributed by atoms with Crippen LogP contribution in [0.3, 0.4) is 0 Å². The molecule has 5 heteroatoms. The fourth-order valence-corrected chi connectivity index (χ4v) is 6.73. The molecule has 1 amide bonds. The standard InChI is InChI=1S/C29H30N2O3/c1-33-24-13-11-21(16-25(24)34-2)30-29(32)20-10-12-23-22(15-20)26-18-8-9-19(14-18)27(26)28(31-23)17-6-4-3-5-7-17/h3-7,10-13,15-16,18-19,26-28,31H,8-9,14H2,1-2H3,(H,30,32)/t18-,19-,26-,27-,28-/m0/s1. The highest BCUT2D eigenvalue weighted by molar-refractivity contribution is 6.05. The SMILES string of the molecule is COc1ccc(NC(=O)c2ccc3c(c2)[C@@H]2[C@H]4CC[C@@H](C4)[C@@H]2[C@H](c2ccccc2)N3)cc1OC. The van der Waals surface area contributed by atoms with E-state index in [9.17, 15) is 4.79 Å². The molecule has 1 heterocycles. The molecule has 6 rings (SSSR count). The molecule has 2 N–H and O–H groups in total. The zero-order valence-electron chi connectivity index (χ0n) is 19.6. The van der Waals surface area contributed by atoms with E-state index in [0.717, 1.165) is 5.92 Å². The van der Waals surface area contributed by atoms with Crippen molar-refractivity contribution < 1.29 is 14.3 Å². The van der Waals surface area contributed by atoms with Crippen LogP contribution in [0.5, 0.6) is 11.5 Å². The maximum atomic E-state index is 13.2. The van der Waals surface area contributed by atoms with Gasteiger partial charge in [0.15, 0.2) is 11.5 Å². The number of hydrogen-bond acceptors (Lipinski definition) is 4. The molecule has 2 aliphatic carbocycles. The van der Waals surface area contributed by atoms with Crippen molar-refractivity contribution in [3.05, 3.63) is 83.4 Å². The third-order valence-electron chi connectivity index (χ3n) is 8.15. The van der Waals surface area contributed by atoms with Gasteiger partial charge < -0.3 is 20.1 Å². The minimum Gasteiger partial charge on any atom is -0.493 e. The minimum atomic E-state index is -0.111. The average Bonchev–Trinajstić information content (AvgIpc) is 3.51. The summed E-state index contributed by atoms with van der Waals surface area (Å²) in [6.07, 6.45) is 3.93. The number of fused-ring (bicyclic) bond motifs is 7. The molecular weight excluding hydrogens is 424 g/mol. The molecule has 2 saturated carbocycles. The molecule has 0 unspecified atom stereocenters. The molecule has 3 aromatic rings. The van der Waals surface area contributed by atoms with Crippen LogP contribution in [0.1, 0.15) is 52.7 Å². The highest BCUT2D eigenvalue weighted by Crippen LogP contribution is 2.63. The monoisotopic (exact) mass is 454 g/mol. The van der Waals surface area contributed by atoms with Crippen LogP contribution in [0.4, 0.5) is 11.4 Å². The predicted molar refractivity (Wildman–Crippen MR) is 134 cm³/mol. The summed E-state index contributed by atoms with van der Waals surface area (Å²) in [7, 11) is 3.19. The second-order valence-corrected chi connectivity index (χ2v) is 9.79. The minimum absolute atomic E-state index is 0.111. The third kappa shape index (κ3) is 3.42. The summed E-state index contributed by atoms with van der Waals surface area (Å²) in [4.78, 5) is 13.2.